The monoisotopic (exact) mass is 288 g/mol. The molecule has 7 heteroatoms. The van der Waals surface area contributed by atoms with E-state index >= 15 is 0 Å². The molecule has 6 nitrogen and oxygen atoms in total. The Morgan fingerprint density at radius 1 is 1.26 bits per heavy atom. The van der Waals surface area contributed by atoms with Gasteiger partial charge in [-0.2, -0.15) is 8.42 Å². The minimum Gasteiger partial charge on any atom is -0.388 e. The number of benzene rings is 1. The van der Waals surface area contributed by atoms with Crippen LogP contribution >= 0.6 is 0 Å². The largest absolute Gasteiger partial charge is 0.388 e. The first-order valence-corrected chi connectivity index (χ1v) is 7.27. The summed E-state index contributed by atoms with van der Waals surface area (Å²) in [6.45, 7) is 1.69. The molecule has 106 valence electrons. The predicted octanol–water partition coefficient (Wildman–Crippen LogP) is 0.169. The molecule has 1 aromatic rings. The molecule has 1 aromatic carbocycles. The average Bonchev–Trinajstić information content (AvgIpc) is 2.34. The van der Waals surface area contributed by atoms with Gasteiger partial charge in [-0.05, 0) is 19.1 Å². The molecule has 1 aliphatic rings. The Hall–Kier alpha value is -0.990. The van der Waals surface area contributed by atoms with Gasteiger partial charge in [0.25, 0.3) is 10.1 Å². The van der Waals surface area contributed by atoms with Crippen LogP contribution in [0.3, 0.4) is 0 Å². The average molecular weight is 288 g/mol. The fourth-order valence-electron chi connectivity index (χ4n) is 1.77. The Morgan fingerprint density at radius 2 is 1.89 bits per heavy atom. The fourth-order valence-corrected chi connectivity index (χ4v) is 2.88. The second-order valence-corrected chi connectivity index (χ2v) is 6.06. The van der Waals surface area contributed by atoms with Gasteiger partial charge in [-0.1, -0.05) is 17.7 Å². The number of ether oxygens (including phenoxy) is 1. The Kier molecular flexibility index (Phi) is 4.22. The van der Waals surface area contributed by atoms with Gasteiger partial charge in [0.1, 0.15) is 12.2 Å². The van der Waals surface area contributed by atoms with Gasteiger partial charge in [-0.25, -0.2) is 0 Å². The quantitative estimate of drug-likeness (QED) is 0.770. The van der Waals surface area contributed by atoms with Gasteiger partial charge >= 0.3 is 0 Å². The second kappa shape index (κ2) is 5.56. The van der Waals surface area contributed by atoms with Crippen molar-refractivity contribution >= 4 is 10.1 Å². The highest BCUT2D eigenvalue weighted by Gasteiger charge is 2.34. The van der Waals surface area contributed by atoms with Crippen molar-refractivity contribution in [3.8, 4) is 0 Å². The Bertz CT molecular complexity index is 524. The van der Waals surface area contributed by atoms with Crippen molar-refractivity contribution in [2.75, 3.05) is 6.61 Å². The molecule has 0 radical (unpaired) electrons. The highest BCUT2D eigenvalue weighted by molar-refractivity contribution is 7.86. The summed E-state index contributed by atoms with van der Waals surface area (Å²) in [4.78, 5) is 0.0197. The molecule has 19 heavy (non-hydrogen) atoms. The molecule has 1 saturated heterocycles. The third-order valence-electron chi connectivity index (χ3n) is 2.88. The highest BCUT2D eigenvalue weighted by Crippen LogP contribution is 2.22. The van der Waals surface area contributed by atoms with Crippen LogP contribution in [0.25, 0.3) is 0 Å². The maximum Gasteiger partial charge on any atom is 0.297 e. The van der Waals surface area contributed by atoms with Gasteiger partial charge in [0, 0.05) is 6.42 Å². The van der Waals surface area contributed by atoms with Crippen molar-refractivity contribution < 1.29 is 27.6 Å². The van der Waals surface area contributed by atoms with Gasteiger partial charge in [-0.3, -0.25) is 4.18 Å². The number of aliphatic hydroxyl groups excluding tert-OH is 2. The van der Waals surface area contributed by atoms with Crippen molar-refractivity contribution in [1.82, 2.24) is 0 Å². The molecule has 2 N–H and O–H groups in total. The molecule has 1 heterocycles. The molecular formula is C12H16O6S. The standard InChI is InChI=1S/C12H16O6S/c1-8-2-4-9(5-3-8)19(15,16)18-11-6-12(14)17-7-10(11)13/h2-5,10-14H,6-7H2,1H3/t10-,11+,12-/m1/s1. The zero-order chi connectivity index (χ0) is 14.0. The summed E-state index contributed by atoms with van der Waals surface area (Å²) in [5.74, 6) is 0. The van der Waals surface area contributed by atoms with Crippen LogP contribution in [-0.2, 0) is 19.0 Å². The molecule has 0 aliphatic carbocycles. The van der Waals surface area contributed by atoms with E-state index in [4.69, 9.17) is 8.92 Å². The van der Waals surface area contributed by atoms with Crippen LogP contribution in [0.5, 0.6) is 0 Å². The summed E-state index contributed by atoms with van der Waals surface area (Å²) in [6, 6.07) is 6.19. The van der Waals surface area contributed by atoms with E-state index in [-0.39, 0.29) is 17.9 Å². The first-order valence-electron chi connectivity index (χ1n) is 5.86. The van der Waals surface area contributed by atoms with Crippen molar-refractivity contribution in [1.29, 1.82) is 0 Å². The first kappa shape index (κ1) is 14.4. The van der Waals surface area contributed by atoms with Crippen molar-refractivity contribution in [3.05, 3.63) is 29.8 Å². The van der Waals surface area contributed by atoms with Crippen LogP contribution in [0.15, 0.2) is 29.2 Å². The number of hydrogen-bond donors (Lipinski definition) is 2. The molecule has 0 saturated carbocycles. The predicted molar refractivity (Wildman–Crippen MR) is 65.8 cm³/mol. The van der Waals surface area contributed by atoms with E-state index in [9.17, 15) is 18.6 Å². The lowest BCUT2D eigenvalue weighted by Gasteiger charge is -2.30. The van der Waals surface area contributed by atoms with Crippen molar-refractivity contribution in [3.63, 3.8) is 0 Å². The molecule has 3 atom stereocenters. The van der Waals surface area contributed by atoms with E-state index in [0.717, 1.165) is 5.56 Å². The summed E-state index contributed by atoms with van der Waals surface area (Å²) in [5.41, 5.74) is 0.931. The Morgan fingerprint density at radius 3 is 2.53 bits per heavy atom. The SMILES string of the molecule is Cc1ccc(S(=O)(=O)O[C@H]2C[C@H](O)OC[C@H]2O)cc1. The van der Waals surface area contributed by atoms with E-state index in [1.807, 2.05) is 6.92 Å². The van der Waals surface area contributed by atoms with Crippen LogP contribution in [0.2, 0.25) is 0 Å². The number of rotatable bonds is 3. The Balaban J connectivity index is 2.14. The lowest BCUT2D eigenvalue weighted by molar-refractivity contribution is -0.187. The highest BCUT2D eigenvalue weighted by atomic mass is 32.2. The lowest BCUT2D eigenvalue weighted by Crippen LogP contribution is -2.43. The van der Waals surface area contributed by atoms with Crippen LogP contribution in [-0.4, -0.2) is 43.7 Å². The summed E-state index contributed by atoms with van der Waals surface area (Å²) in [5, 5.41) is 18.9. The molecule has 0 amide bonds. The van der Waals surface area contributed by atoms with Crippen LogP contribution in [0, 0.1) is 6.92 Å². The molecule has 1 fully saturated rings. The van der Waals surface area contributed by atoms with Crippen LogP contribution in [0.4, 0.5) is 0 Å². The molecular weight excluding hydrogens is 272 g/mol. The zero-order valence-electron chi connectivity index (χ0n) is 10.4. The fraction of sp³-hybridized carbons (Fsp3) is 0.500. The van der Waals surface area contributed by atoms with Gasteiger partial charge in [0.2, 0.25) is 0 Å². The van der Waals surface area contributed by atoms with E-state index in [0.29, 0.717) is 0 Å². The molecule has 2 rings (SSSR count). The topological polar surface area (TPSA) is 93.1 Å². The first-order chi connectivity index (χ1) is 8.88. The van der Waals surface area contributed by atoms with Crippen molar-refractivity contribution in [2.45, 2.75) is 36.7 Å². The number of aryl methyl sites for hydroxylation is 1. The van der Waals surface area contributed by atoms with Gasteiger partial charge in [0.05, 0.1) is 11.5 Å². The smallest absolute Gasteiger partial charge is 0.297 e. The summed E-state index contributed by atoms with van der Waals surface area (Å²) < 4.78 is 33.8. The third kappa shape index (κ3) is 3.52. The van der Waals surface area contributed by atoms with Crippen molar-refractivity contribution in [2.24, 2.45) is 0 Å². The molecule has 0 bridgehead atoms. The van der Waals surface area contributed by atoms with E-state index in [1.54, 1.807) is 12.1 Å². The maximum atomic E-state index is 12.0. The molecule has 0 aromatic heterocycles. The van der Waals surface area contributed by atoms with E-state index in [1.165, 1.54) is 12.1 Å². The lowest BCUT2D eigenvalue weighted by atomic mass is 10.1. The van der Waals surface area contributed by atoms with E-state index in [2.05, 4.69) is 0 Å². The summed E-state index contributed by atoms with van der Waals surface area (Å²) in [7, 11) is -3.96. The van der Waals surface area contributed by atoms with E-state index < -0.39 is 28.6 Å². The summed E-state index contributed by atoms with van der Waals surface area (Å²) in [6.07, 6.45) is -3.30. The molecule has 0 unspecified atom stereocenters. The minimum absolute atomic E-state index is 0.0197. The molecule has 1 aliphatic heterocycles. The number of hydrogen-bond acceptors (Lipinski definition) is 6. The van der Waals surface area contributed by atoms with Gasteiger partial charge in [-0.15, -0.1) is 0 Å². The third-order valence-corrected chi connectivity index (χ3v) is 4.23. The number of aliphatic hydroxyl groups is 2. The normalized spacial score (nSPS) is 28.3. The zero-order valence-corrected chi connectivity index (χ0v) is 11.2. The molecule has 0 spiro atoms. The Labute approximate surface area is 111 Å². The van der Waals surface area contributed by atoms with Crippen LogP contribution in [0.1, 0.15) is 12.0 Å². The van der Waals surface area contributed by atoms with Gasteiger partial charge < -0.3 is 14.9 Å². The van der Waals surface area contributed by atoms with Crippen LogP contribution < -0.4 is 0 Å². The maximum absolute atomic E-state index is 12.0. The van der Waals surface area contributed by atoms with Gasteiger partial charge in [0.15, 0.2) is 6.29 Å². The summed E-state index contributed by atoms with van der Waals surface area (Å²) >= 11 is 0. The second-order valence-electron chi connectivity index (χ2n) is 4.49. The minimum atomic E-state index is -3.96.